The van der Waals surface area contributed by atoms with Crippen molar-refractivity contribution in [1.82, 2.24) is 10.2 Å². The lowest BCUT2D eigenvalue weighted by Crippen LogP contribution is -2.46. The highest BCUT2D eigenvalue weighted by Crippen LogP contribution is 2.34. The van der Waals surface area contributed by atoms with Crippen LogP contribution in [0.1, 0.15) is 39.5 Å². The minimum Gasteiger partial charge on any atom is -0.385 e. The Hall–Kier alpha value is -0.120. The van der Waals surface area contributed by atoms with Crippen molar-refractivity contribution < 1.29 is 4.74 Å². The fourth-order valence-electron chi connectivity index (χ4n) is 3.00. The number of methoxy groups -OCH3 is 1. The van der Waals surface area contributed by atoms with Crippen LogP contribution in [0.3, 0.4) is 0 Å². The van der Waals surface area contributed by atoms with Gasteiger partial charge in [-0.1, -0.05) is 0 Å². The van der Waals surface area contributed by atoms with E-state index in [9.17, 15) is 0 Å². The van der Waals surface area contributed by atoms with Gasteiger partial charge in [-0.15, -0.1) is 0 Å². The molecule has 1 saturated heterocycles. The third-order valence-electron chi connectivity index (χ3n) is 4.44. The summed E-state index contributed by atoms with van der Waals surface area (Å²) in [7, 11) is 1.80. The smallest absolute Gasteiger partial charge is 0.0477 e. The monoisotopic (exact) mass is 240 g/mol. The standard InChI is InChI=1S/C14H28N2O/c1-11-6-8-15-14(13-4-5-13)10-16(11)12(2)7-9-17-3/h11-15H,4-10H2,1-3H3. The molecular weight excluding hydrogens is 212 g/mol. The first-order valence-electron chi connectivity index (χ1n) is 7.20. The molecule has 3 atom stereocenters. The van der Waals surface area contributed by atoms with E-state index in [4.69, 9.17) is 4.74 Å². The first-order valence-corrected chi connectivity index (χ1v) is 7.20. The summed E-state index contributed by atoms with van der Waals surface area (Å²) in [5, 5.41) is 3.74. The zero-order valence-corrected chi connectivity index (χ0v) is 11.6. The Kier molecular flexibility index (Phi) is 4.83. The molecule has 1 heterocycles. The summed E-state index contributed by atoms with van der Waals surface area (Å²) in [6, 6.07) is 2.09. The first-order chi connectivity index (χ1) is 8.22. The van der Waals surface area contributed by atoms with E-state index >= 15 is 0 Å². The van der Waals surface area contributed by atoms with Crippen LogP contribution in [0.15, 0.2) is 0 Å². The normalized spacial score (nSPS) is 33.4. The summed E-state index contributed by atoms with van der Waals surface area (Å²) < 4.78 is 5.21. The topological polar surface area (TPSA) is 24.5 Å². The largest absolute Gasteiger partial charge is 0.385 e. The molecule has 2 fully saturated rings. The van der Waals surface area contributed by atoms with Crippen molar-refractivity contribution in [1.29, 1.82) is 0 Å². The molecule has 2 rings (SSSR count). The van der Waals surface area contributed by atoms with Crippen molar-refractivity contribution in [3.8, 4) is 0 Å². The number of hydrogen-bond acceptors (Lipinski definition) is 3. The Morgan fingerprint density at radius 3 is 2.76 bits per heavy atom. The van der Waals surface area contributed by atoms with E-state index < -0.39 is 0 Å². The molecule has 1 aliphatic carbocycles. The van der Waals surface area contributed by atoms with Crippen LogP contribution in [-0.4, -0.2) is 49.8 Å². The number of nitrogens with zero attached hydrogens (tertiary/aromatic N) is 1. The summed E-state index contributed by atoms with van der Waals surface area (Å²) >= 11 is 0. The van der Waals surface area contributed by atoms with Gasteiger partial charge < -0.3 is 10.1 Å². The van der Waals surface area contributed by atoms with Crippen molar-refractivity contribution in [2.24, 2.45) is 5.92 Å². The molecule has 17 heavy (non-hydrogen) atoms. The van der Waals surface area contributed by atoms with Crippen molar-refractivity contribution in [2.75, 3.05) is 26.8 Å². The molecular formula is C14H28N2O. The second-order valence-electron chi connectivity index (χ2n) is 5.86. The maximum atomic E-state index is 5.21. The van der Waals surface area contributed by atoms with Gasteiger partial charge in [0.15, 0.2) is 0 Å². The van der Waals surface area contributed by atoms with Gasteiger partial charge in [0.25, 0.3) is 0 Å². The number of rotatable bonds is 5. The van der Waals surface area contributed by atoms with Gasteiger partial charge in [-0.2, -0.15) is 0 Å². The summed E-state index contributed by atoms with van der Waals surface area (Å²) in [5.74, 6) is 0.956. The Labute approximate surface area is 106 Å². The predicted octanol–water partition coefficient (Wildman–Crippen LogP) is 1.87. The highest BCUT2D eigenvalue weighted by Gasteiger charge is 2.35. The Morgan fingerprint density at radius 2 is 2.12 bits per heavy atom. The molecule has 0 bridgehead atoms. The number of nitrogens with one attached hydrogen (secondary N) is 1. The van der Waals surface area contributed by atoms with Crippen molar-refractivity contribution in [3.05, 3.63) is 0 Å². The lowest BCUT2D eigenvalue weighted by molar-refractivity contribution is 0.107. The molecule has 3 nitrogen and oxygen atoms in total. The lowest BCUT2D eigenvalue weighted by Gasteiger charge is -2.34. The van der Waals surface area contributed by atoms with E-state index in [1.807, 2.05) is 0 Å². The molecule has 0 aromatic heterocycles. The molecule has 0 aromatic carbocycles. The predicted molar refractivity (Wildman–Crippen MR) is 71.3 cm³/mol. The average Bonchev–Trinajstić information content (AvgIpc) is 3.12. The Balaban J connectivity index is 1.90. The van der Waals surface area contributed by atoms with Crippen molar-refractivity contribution >= 4 is 0 Å². The number of ether oxygens (including phenoxy) is 1. The van der Waals surface area contributed by atoms with Crippen molar-refractivity contribution in [2.45, 2.75) is 57.7 Å². The quantitative estimate of drug-likeness (QED) is 0.794. The van der Waals surface area contributed by atoms with Crippen LogP contribution in [0.2, 0.25) is 0 Å². The summed E-state index contributed by atoms with van der Waals surface area (Å²) in [6.07, 6.45) is 5.30. The first kappa shape index (κ1) is 13.3. The fraction of sp³-hybridized carbons (Fsp3) is 1.00. The highest BCUT2D eigenvalue weighted by molar-refractivity contribution is 4.92. The molecule has 1 saturated carbocycles. The zero-order valence-electron chi connectivity index (χ0n) is 11.6. The van der Waals surface area contributed by atoms with Gasteiger partial charge in [0.2, 0.25) is 0 Å². The molecule has 3 unspecified atom stereocenters. The van der Waals surface area contributed by atoms with Gasteiger partial charge in [0.1, 0.15) is 0 Å². The van der Waals surface area contributed by atoms with Crippen LogP contribution in [0.4, 0.5) is 0 Å². The molecule has 1 N–H and O–H groups in total. The van der Waals surface area contributed by atoms with E-state index in [0.717, 1.165) is 25.0 Å². The van der Waals surface area contributed by atoms with Crippen LogP contribution in [0.5, 0.6) is 0 Å². The summed E-state index contributed by atoms with van der Waals surface area (Å²) in [5.41, 5.74) is 0. The lowest BCUT2D eigenvalue weighted by atomic mass is 10.1. The molecule has 0 spiro atoms. The van der Waals surface area contributed by atoms with Crippen LogP contribution >= 0.6 is 0 Å². The van der Waals surface area contributed by atoms with Gasteiger partial charge in [0.05, 0.1) is 0 Å². The average molecular weight is 240 g/mol. The van der Waals surface area contributed by atoms with Crippen molar-refractivity contribution in [3.63, 3.8) is 0 Å². The third-order valence-corrected chi connectivity index (χ3v) is 4.44. The van der Waals surface area contributed by atoms with E-state index in [1.54, 1.807) is 7.11 Å². The molecule has 1 aliphatic heterocycles. The van der Waals surface area contributed by atoms with Gasteiger partial charge in [-0.3, -0.25) is 4.90 Å². The van der Waals surface area contributed by atoms with Gasteiger partial charge in [-0.05, 0) is 52.0 Å². The van der Waals surface area contributed by atoms with E-state index in [1.165, 1.54) is 32.4 Å². The van der Waals surface area contributed by atoms with Gasteiger partial charge in [-0.25, -0.2) is 0 Å². The molecule has 0 aromatic rings. The molecule has 0 radical (unpaired) electrons. The van der Waals surface area contributed by atoms with E-state index in [-0.39, 0.29) is 0 Å². The minimum absolute atomic E-state index is 0.645. The SMILES string of the molecule is COCCC(C)N1CC(C2CC2)NCCC1C. The molecule has 0 amide bonds. The van der Waals surface area contributed by atoms with Crippen LogP contribution < -0.4 is 5.32 Å². The third kappa shape index (κ3) is 3.67. The van der Waals surface area contributed by atoms with Crippen LogP contribution in [0, 0.1) is 5.92 Å². The maximum Gasteiger partial charge on any atom is 0.0477 e. The van der Waals surface area contributed by atoms with Crippen LogP contribution in [0.25, 0.3) is 0 Å². The molecule has 100 valence electrons. The molecule has 3 heteroatoms. The fourth-order valence-corrected chi connectivity index (χ4v) is 3.00. The maximum absolute atomic E-state index is 5.21. The Morgan fingerprint density at radius 1 is 1.35 bits per heavy atom. The summed E-state index contributed by atoms with van der Waals surface area (Å²) in [6.45, 7) is 8.03. The zero-order chi connectivity index (χ0) is 12.3. The highest BCUT2D eigenvalue weighted by atomic mass is 16.5. The van der Waals surface area contributed by atoms with Gasteiger partial charge >= 0.3 is 0 Å². The van der Waals surface area contributed by atoms with Gasteiger partial charge in [0, 0.05) is 38.4 Å². The minimum atomic E-state index is 0.645. The molecule has 2 aliphatic rings. The van der Waals surface area contributed by atoms with E-state index in [2.05, 4.69) is 24.1 Å². The second-order valence-corrected chi connectivity index (χ2v) is 5.86. The second kappa shape index (κ2) is 6.17. The number of hydrogen-bond donors (Lipinski definition) is 1. The van der Waals surface area contributed by atoms with Crippen LogP contribution in [-0.2, 0) is 4.74 Å². The summed E-state index contributed by atoms with van der Waals surface area (Å²) in [4.78, 5) is 2.70. The Bertz CT molecular complexity index is 230. The van der Waals surface area contributed by atoms with E-state index in [0.29, 0.717) is 12.1 Å².